The third kappa shape index (κ3) is 4.20. The number of urea groups is 1. The van der Waals surface area contributed by atoms with Gasteiger partial charge in [0.1, 0.15) is 11.9 Å². The predicted molar refractivity (Wildman–Crippen MR) is 104 cm³/mol. The van der Waals surface area contributed by atoms with Crippen molar-refractivity contribution in [2.45, 2.75) is 57.7 Å². The topological polar surface area (TPSA) is 84.7 Å². The molecule has 2 heterocycles. The number of carbonyl (C=O) groups is 2. The van der Waals surface area contributed by atoms with E-state index in [0.717, 1.165) is 19.3 Å². The Balaban J connectivity index is 1.59. The van der Waals surface area contributed by atoms with Crippen molar-refractivity contribution in [3.05, 3.63) is 23.4 Å². The summed E-state index contributed by atoms with van der Waals surface area (Å²) in [5.41, 5.74) is -0.396. The Morgan fingerprint density at radius 1 is 1.29 bits per heavy atom. The van der Waals surface area contributed by atoms with Gasteiger partial charge in [-0.1, -0.05) is 18.5 Å². The van der Waals surface area contributed by atoms with Gasteiger partial charge in [0, 0.05) is 31.0 Å². The van der Waals surface area contributed by atoms with E-state index in [1.165, 1.54) is 17.0 Å². The zero-order valence-corrected chi connectivity index (χ0v) is 17.1. The van der Waals surface area contributed by atoms with Crippen LogP contribution in [0.4, 0.5) is 18.0 Å². The Labute approximate surface area is 176 Å². The van der Waals surface area contributed by atoms with E-state index in [1.807, 2.05) is 6.92 Å². The molecule has 3 amide bonds. The zero-order chi connectivity index (χ0) is 22.2. The molecule has 0 radical (unpaired) electrons. The molecule has 1 aliphatic heterocycles. The molecule has 31 heavy (non-hydrogen) atoms. The highest BCUT2D eigenvalue weighted by Crippen LogP contribution is 2.40. The van der Waals surface area contributed by atoms with Crippen molar-refractivity contribution < 1.29 is 32.0 Å². The molecule has 7 nitrogen and oxygen atoms in total. The van der Waals surface area contributed by atoms with Crippen LogP contribution >= 0.6 is 0 Å². The number of benzene rings is 1. The molecule has 1 aliphatic carbocycles. The van der Waals surface area contributed by atoms with Gasteiger partial charge in [-0.25, -0.2) is 4.79 Å². The minimum absolute atomic E-state index is 0.0431. The van der Waals surface area contributed by atoms with Crippen LogP contribution in [0, 0.1) is 5.92 Å². The van der Waals surface area contributed by atoms with E-state index in [-0.39, 0.29) is 41.9 Å². The molecule has 0 spiro atoms. The van der Waals surface area contributed by atoms with Crippen molar-refractivity contribution in [1.29, 1.82) is 0 Å². The van der Waals surface area contributed by atoms with Gasteiger partial charge in [0.25, 0.3) is 0 Å². The first-order chi connectivity index (χ1) is 14.8. The number of imide groups is 1. The Morgan fingerprint density at radius 2 is 2.10 bits per heavy atom. The average molecular weight is 439 g/mol. The number of aromatic nitrogens is 1. The van der Waals surface area contributed by atoms with E-state index < -0.39 is 17.9 Å². The smallest absolute Gasteiger partial charge is 0.437 e. The Hall–Kier alpha value is -2.78. The van der Waals surface area contributed by atoms with Crippen LogP contribution in [0.1, 0.15) is 50.3 Å². The molecule has 1 saturated carbocycles. The van der Waals surface area contributed by atoms with Gasteiger partial charge in [-0.05, 0) is 37.8 Å². The Morgan fingerprint density at radius 3 is 2.81 bits per heavy atom. The Kier molecular flexibility index (Phi) is 5.81. The van der Waals surface area contributed by atoms with Gasteiger partial charge in [-0.3, -0.25) is 9.69 Å². The molecular weight excluding hydrogens is 415 g/mol. The summed E-state index contributed by atoms with van der Waals surface area (Å²) >= 11 is 0. The summed E-state index contributed by atoms with van der Waals surface area (Å²) in [5.74, 6) is 0.216. The third-order valence-electron chi connectivity index (χ3n) is 5.92. The van der Waals surface area contributed by atoms with Gasteiger partial charge in [0.2, 0.25) is 5.91 Å². The predicted octanol–water partition coefficient (Wildman–Crippen LogP) is 4.29. The quantitative estimate of drug-likeness (QED) is 0.726. The first-order valence-corrected chi connectivity index (χ1v) is 10.5. The lowest BCUT2D eigenvalue weighted by Crippen LogP contribution is -2.52. The van der Waals surface area contributed by atoms with Crippen LogP contribution in [0.3, 0.4) is 0 Å². The lowest BCUT2D eigenvalue weighted by atomic mass is 10.0. The molecule has 1 aromatic heterocycles. The summed E-state index contributed by atoms with van der Waals surface area (Å²) < 4.78 is 51.0. The molecule has 1 N–H and O–H groups in total. The monoisotopic (exact) mass is 439 g/mol. The maximum Gasteiger partial charge on any atom is 0.437 e. The van der Waals surface area contributed by atoms with E-state index in [4.69, 9.17) is 9.26 Å². The molecule has 168 valence electrons. The second kappa shape index (κ2) is 8.39. The van der Waals surface area contributed by atoms with Gasteiger partial charge in [0.15, 0.2) is 11.3 Å². The number of aryl methyl sites for hydroxylation is 1. The van der Waals surface area contributed by atoms with Crippen molar-refractivity contribution in [1.82, 2.24) is 15.4 Å². The van der Waals surface area contributed by atoms with E-state index in [1.54, 1.807) is 0 Å². The number of carbonyl (C=O) groups excluding carboxylic acids is 2. The first-order valence-electron chi connectivity index (χ1n) is 10.5. The van der Waals surface area contributed by atoms with Crippen LogP contribution in [0.25, 0.3) is 11.0 Å². The summed E-state index contributed by atoms with van der Waals surface area (Å²) in [7, 11) is 0. The number of fused-ring (bicyclic) bond motifs is 1. The molecule has 2 aliphatic rings. The number of hydrogen-bond acceptors (Lipinski definition) is 5. The second-order valence-electron chi connectivity index (χ2n) is 8.03. The fourth-order valence-electron chi connectivity index (χ4n) is 4.41. The number of amides is 3. The molecule has 2 atom stereocenters. The van der Waals surface area contributed by atoms with E-state index in [0.29, 0.717) is 30.7 Å². The van der Waals surface area contributed by atoms with Crippen LogP contribution in [0.5, 0.6) is 5.75 Å². The van der Waals surface area contributed by atoms with E-state index in [2.05, 4.69) is 10.5 Å². The van der Waals surface area contributed by atoms with Crippen LogP contribution in [-0.2, 0) is 17.4 Å². The van der Waals surface area contributed by atoms with Crippen LogP contribution in [0.15, 0.2) is 16.7 Å². The minimum atomic E-state index is -4.60. The molecule has 2 fully saturated rings. The van der Waals surface area contributed by atoms with Crippen molar-refractivity contribution in [3.8, 4) is 5.75 Å². The maximum atomic E-state index is 13.2. The normalized spacial score (nSPS) is 22.3. The molecule has 10 heteroatoms. The molecular formula is C21H24F3N3O4. The summed E-state index contributed by atoms with van der Waals surface area (Å²) in [4.78, 5) is 25.4. The van der Waals surface area contributed by atoms with Gasteiger partial charge >= 0.3 is 12.2 Å². The summed E-state index contributed by atoms with van der Waals surface area (Å²) in [6.45, 7) is 2.53. The lowest BCUT2D eigenvalue weighted by molar-refractivity contribution is -0.141. The first kappa shape index (κ1) is 21.5. The summed E-state index contributed by atoms with van der Waals surface area (Å²) in [6, 6.07) is 2.47. The number of nitrogens with zero attached hydrogens (tertiary/aromatic N) is 2. The van der Waals surface area contributed by atoms with E-state index >= 15 is 0 Å². The third-order valence-corrected chi connectivity index (χ3v) is 5.92. The molecule has 1 aromatic carbocycles. The molecule has 1 unspecified atom stereocenters. The number of ether oxygens (including phenoxy) is 1. The van der Waals surface area contributed by atoms with Gasteiger partial charge in [0.05, 0.1) is 5.39 Å². The summed E-state index contributed by atoms with van der Waals surface area (Å²) in [6.07, 6.45) is -0.998. The van der Waals surface area contributed by atoms with Gasteiger partial charge < -0.3 is 14.6 Å². The van der Waals surface area contributed by atoms with Crippen molar-refractivity contribution in [3.63, 3.8) is 0 Å². The number of nitrogens with one attached hydrogen (secondary N) is 1. The standard InChI is InChI=1S/C21H24F3N3O4/c1-2-4-13-16(8-7-14-18(13)31-26-19(14)21(22,23)24)30-15-6-3-5-12(15)11-27-17(28)9-10-25-20(27)29/h7-8,12,15H,2-6,9-11H2,1H3,(H,25,29)/t12?,15-/m0/s1. The Bertz CT molecular complexity index is 972. The highest BCUT2D eigenvalue weighted by Gasteiger charge is 2.39. The highest BCUT2D eigenvalue weighted by atomic mass is 19.4. The maximum absolute atomic E-state index is 13.2. The lowest BCUT2D eigenvalue weighted by Gasteiger charge is -2.30. The zero-order valence-electron chi connectivity index (χ0n) is 17.1. The molecule has 0 bridgehead atoms. The minimum Gasteiger partial charge on any atom is -0.490 e. The number of rotatable bonds is 6. The van der Waals surface area contributed by atoms with Crippen LogP contribution in [-0.4, -0.2) is 41.2 Å². The average Bonchev–Trinajstić information content (AvgIpc) is 3.33. The van der Waals surface area contributed by atoms with Gasteiger partial charge in [-0.2, -0.15) is 13.2 Å². The molecule has 2 aromatic rings. The fourth-order valence-corrected chi connectivity index (χ4v) is 4.41. The molecule has 1 saturated heterocycles. The second-order valence-corrected chi connectivity index (χ2v) is 8.03. The SMILES string of the molecule is CCCc1c(O[C@H]2CCCC2CN2C(=O)CCNC2=O)ccc2c(C(F)(F)F)noc12. The summed E-state index contributed by atoms with van der Waals surface area (Å²) in [5, 5.41) is 5.84. The van der Waals surface area contributed by atoms with Crippen LogP contribution < -0.4 is 10.1 Å². The number of alkyl halides is 3. The number of hydrogen-bond donors (Lipinski definition) is 1. The van der Waals surface area contributed by atoms with Crippen LogP contribution in [0.2, 0.25) is 0 Å². The largest absolute Gasteiger partial charge is 0.490 e. The fraction of sp³-hybridized carbons (Fsp3) is 0.571. The number of halogens is 3. The molecule has 4 rings (SSSR count). The highest BCUT2D eigenvalue weighted by molar-refractivity contribution is 5.96. The van der Waals surface area contributed by atoms with E-state index in [9.17, 15) is 22.8 Å². The van der Waals surface area contributed by atoms with Crippen molar-refractivity contribution in [2.24, 2.45) is 5.92 Å². The van der Waals surface area contributed by atoms with Gasteiger partial charge in [-0.15, -0.1) is 0 Å². The van der Waals surface area contributed by atoms with Crippen molar-refractivity contribution >= 4 is 22.9 Å². The van der Waals surface area contributed by atoms with Crippen molar-refractivity contribution in [2.75, 3.05) is 13.1 Å².